The summed E-state index contributed by atoms with van der Waals surface area (Å²) in [5.41, 5.74) is 0.779. The molecule has 4 rings (SSSR count). The largest absolute Gasteiger partial charge is 0.514 e. The summed E-state index contributed by atoms with van der Waals surface area (Å²) >= 11 is 6.22. The van der Waals surface area contributed by atoms with Crippen molar-refractivity contribution in [3.8, 4) is 11.6 Å². The van der Waals surface area contributed by atoms with Gasteiger partial charge in [0.25, 0.3) is 0 Å². The van der Waals surface area contributed by atoms with Gasteiger partial charge < -0.3 is 24.4 Å². The molecule has 172 valence electrons. The van der Waals surface area contributed by atoms with Crippen molar-refractivity contribution in [2.45, 2.75) is 6.54 Å². The maximum absolute atomic E-state index is 13.4. The van der Waals surface area contributed by atoms with E-state index in [1.54, 1.807) is 39.8 Å². The van der Waals surface area contributed by atoms with E-state index in [-0.39, 0.29) is 24.0 Å². The number of nitrogens with zero attached hydrogens (tertiary/aromatic N) is 2. The van der Waals surface area contributed by atoms with E-state index in [9.17, 15) is 14.4 Å². The van der Waals surface area contributed by atoms with Gasteiger partial charge in [0.15, 0.2) is 5.43 Å². The molecule has 9 nitrogen and oxygen atoms in total. The Balaban J connectivity index is 1.87. The van der Waals surface area contributed by atoms with Gasteiger partial charge in [-0.05, 0) is 30.3 Å². The SMILES string of the molecule is COC(=O)Oc1c(CNC(=O)N2CCOCC2)c(=O)c2ccc(Cl)cc2n1-c1ccccc1. The Labute approximate surface area is 194 Å². The second-order valence-corrected chi connectivity index (χ2v) is 7.70. The van der Waals surface area contributed by atoms with Gasteiger partial charge in [-0.2, -0.15) is 0 Å². The Morgan fingerprint density at radius 2 is 1.85 bits per heavy atom. The standard InChI is InChI=1S/C23H22ClN3O6/c1-31-23(30)33-21-18(14-25-22(29)26-9-11-32-12-10-26)20(28)17-8-7-15(24)13-19(17)27(21)16-5-3-2-4-6-16/h2-8,13H,9-12,14H2,1H3,(H,25,29). The zero-order valence-corrected chi connectivity index (χ0v) is 18.6. The average molecular weight is 472 g/mol. The number of aromatic nitrogens is 1. The van der Waals surface area contributed by atoms with Gasteiger partial charge >= 0.3 is 12.2 Å². The maximum atomic E-state index is 13.4. The van der Waals surface area contributed by atoms with E-state index in [2.05, 4.69) is 10.1 Å². The molecule has 0 bridgehead atoms. The Kier molecular flexibility index (Phi) is 6.81. The lowest BCUT2D eigenvalue weighted by atomic mass is 10.1. The molecule has 1 aromatic heterocycles. The van der Waals surface area contributed by atoms with E-state index < -0.39 is 11.6 Å². The molecule has 0 atom stereocenters. The van der Waals surface area contributed by atoms with E-state index >= 15 is 0 Å². The number of hydrogen-bond acceptors (Lipinski definition) is 6. The number of carbonyl (C=O) groups excluding carboxylic acids is 2. The van der Waals surface area contributed by atoms with Crippen molar-refractivity contribution < 1.29 is 23.8 Å². The molecular formula is C23H22ClN3O6. The number of nitrogens with one attached hydrogen (secondary N) is 1. The first-order valence-electron chi connectivity index (χ1n) is 10.3. The van der Waals surface area contributed by atoms with Gasteiger partial charge in [0.05, 0.1) is 37.9 Å². The summed E-state index contributed by atoms with van der Waals surface area (Å²) < 4.78 is 17.0. The summed E-state index contributed by atoms with van der Waals surface area (Å²) in [7, 11) is 1.17. The number of fused-ring (bicyclic) bond motifs is 1. The zero-order valence-electron chi connectivity index (χ0n) is 17.9. The number of para-hydroxylation sites is 1. The molecule has 0 radical (unpaired) electrons. The smallest absolute Gasteiger partial charge is 0.437 e. The molecule has 1 fully saturated rings. The van der Waals surface area contributed by atoms with Gasteiger partial charge in [0, 0.05) is 29.2 Å². The first-order chi connectivity index (χ1) is 16.0. The summed E-state index contributed by atoms with van der Waals surface area (Å²) in [6, 6.07) is 13.5. The summed E-state index contributed by atoms with van der Waals surface area (Å²) in [4.78, 5) is 39.8. The fourth-order valence-corrected chi connectivity index (χ4v) is 3.81. The highest BCUT2D eigenvalue weighted by Crippen LogP contribution is 2.29. The van der Waals surface area contributed by atoms with Crippen LogP contribution >= 0.6 is 11.6 Å². The van der Waals surface area contributed by atoms with Crippen LogP contribution in [0.2, 0.25) is 5.02 Å². The molecule has 1 saturated heterocycles. The van der Waals surface area contributed by atoms with Crippen LogP contribution in [0.15, 0.2) is 53.3 Å². The van der Waals surface area contributed by atoms with Crippen LogP contribution in [-0.2, 0) is 16.0 Å². The van der Waals surface area contributed by atoms with Crippen molar-refractivity contribution in [1.82, 2.24) is 14.8 Å². The van der Waals surface area contributed by atoms with E-state index in [1.165, 1.54) is 7.11 Å². The summed E-state index contributed by atoms with van der Waals surface area (Å²) in [5.74, 6) is -0.0601. The van der Waals surface area contributed by atoms with Crippen LogP contribution in [-0.4, -0.2) is 55.1 Å². The third kappa shape index (κ3) is 4.79. The molecule has 0 saturated carbocycles. The molecule has 0 aliphatic carbocycles. The van der Waals surface area contributed by atoms with Gasteiger partial charge in [-0.1, -0.05) is 29.8 Å². The summed E-state index contributed by atoms with van der Waals surface area (Å²) in [6.07, 6.45) is -0.999. The number of carbonyl (C=O) groups is 2. The topological polar surface area (TPSA) is 99.1 Å². The monoisotopic (exact) mass is 471 g/mol. The van der Waals surface area contributed by atoms with Crippen molar-refractivity contribution >= 4 is 34.7 Å². The van der Waals surface area contributed by atoms with Crippen LogP contribution in [0.3, 0.4) is 0 Å². The van der Waals surface area contributed by atoms with Crippen molar-refractivity contribution in [1.29, 1.82) is 0 Å². The molecule has 1 aliphatic rings. The van der Waals surface area contributed by atoms with Crippen LogP contribution in [0.5, 0.6) is 5.88 Å². The van der Waals surface area contributed by atoms with Crippen molar-refractivity contribution in [3.05, 3.63) is 69.3 Å². The van der Waals surface area contributed by atoms with Crippen molar-refractivity contribution in [2.24, 2.45) is 0 Å². The number of urea groups is 1. The number of pyridine rings is 1. The Morgan fingerprint density at radius 3 is 2.55 bits per heavy atom. The Bertz CT molecular complexity index is 1240. The molecule has 1 aliphatic heterocycles. The summed E-state index contributed by atoms with van der Waals surface area (Å²) in [5, 5.41) is 3.52. The molecule has 10 heteroatoms. The number of rotatable bonds is 4. The second kappa shape index (κ2) is 9.93. The molecule has 0 unspecified atom stereocenters. The lowest BCUT2D eigenvalue weighted by molar-refractivity contribution is 0.0531. The number of morpholine rings is 1. The number of amides is 2. The van der Waals surface area contributed by atoms with E-state index in [4.69, 9.17) is 21.1 Å². The fraction of sp³-hybridized carbons (Fsp3) is 0.261. The lowest BCUT2D eigenvalue weighted by Crippen LogP contribution is -2.46. The summed E-state index contributed by atoms with van der Waals surface area (Å²) in [6.45, 7) is 1.62. The number of hydrogen-bond donors (Lipinski definition) is 1. The van der Waals surface area contributed by atoms with Crippen LogP contribution in [0.1, 0.15) is 5.56 Å². The van der Waals surface area contributed by atoms with Gasteiger partial charge in [0.2, 0.25) is 5.88 Å². The third-order valence-electron chi connectivity index (χ3n) is 5.26. The predicted molar refractivity (Wildman–Crippen MR) is 122 cm³/mol. The number of methoxy groups -OCH3 is 1. The molecule has 33 heavy (non-hydrogen) atoms. The van der Waals surface area contributed by atoms with Crippen LogP contribution < -0.4 is 15.5 Å². The quantitative estimate of drug-likeness (QED) is 0.586. The predicted octanol–water partition coefficient (Wildman–Crippen LogP) is 3.33. The minimum absolute atomic E-state index is 0.0601. The van der Waals surface area contributed by atoms with Crippen molar-refractivity contribution in [2.75, 3.05) is 33.4 Å². The van der Waals surface area contributed by atoms with Gasteiger partial charge in [-0.3, -0.25) is 9.36 Å². The molecule has 1 N–H and O–H groups in total. The van der Waals surface area contributed by atoms with Crippen molar-refractivity contribution in [3.63, 3.8) is 0 Å². The van der Waals surface area contributed by atoms with E-state index in [0.29, 0.717) is 47.9 Å². The fourth-order valence-electron chi connectivity index (χ4n) is 3.65. The zero-order chi connectivity index (χ0) is 23.4. The number of benzene rings is 2. The first kappa shape index (κ1) is 22.6. The van der Waals surface area contributed by atoms with Crippen LogP contribution in [0.4, 0.5) is 9.59 Å². The molecule has 2 heterocycles. The van der Waals surface area contributed by atoms with Gasteiger partial charge in [-0.15, -0.1) is 0 Å². The molecular weight excluding hydrogens is 450 g/mol. The lowest BCUT2D eigenvalue weighted by Gasteiger charge is -2.27. The van der Waals surface area contributed by atoms with E-state index in [0.717, 1.165) is 0 Å². The minimum Gasteiger partial charge on any atom is -0.437 e. The van der Waals surface area contributed by atoms with E-state index in [1.807, 2.05) is 18.2 Å². The molecule has 2 aromatic carbocycles. The second-order valence-electron chi connectivity index (χ2n) is 7.26. The first-order valence-corrected chi connectivity index (χ1v) is 10.7. The van der Waals surface area contributed by atoms with Gasteiger partial charge in [0.1, 0.15) is 0 Å². The molecule has 2 amide bonds. The Morgan fingerprint density at radius 1 is 1.12 bits per heavy atom. The molecule has 3 aromatic rings. The highest BCUT2D eigenvalue weighted by molar-refractivity contribution is 6.31. The number of halogens is 1. The van der Waals surface area contributed by atoms with Crippen LogP contribution in [0, 0.1) is 0 Å². The Hall–Kier alpha value is -3.56. The highest BCUT2D eigenvalue weighted by Gasteiger charge is 2.24. The van der Waals surface area contributed by atoms with Crippen LogP contribution in [0.25, 0.3) is 16.6 Å². The highest BCUT2D eigenvalue weighted by atomic mass is 35.5. The maximum Gasteiger partial charge on any atom is 0.514 e. The molecule has 0 spiro atoms. The number of ether oxygens (including phenoxy) is 3. The normalized spacial score (nSPS) is 13.6. The average Bonchev–Trinajstić information content (AvgIpc) is 2.84. The van der Waals surface area contributed by atoms with Gasteiger partial charge in [-0.25, -0.2) is 9.59 Å². The minimum atomic E-state index is -0.999. The third-order valence-corrected chi connectivity index (χ3v) is 5.49.